The van der Waals surface area contributed by atoms with Crippen LogP contribution in [0.3, 0.4) is 0 Å². The van der Waals surface area contributed by atoms with Crippen molar-refractivity contribution in [1.82, 2.24) is 30.1 Å². The van der Waals surface area contributed by atoms with Gasteiger partial charge in [0, 0.05) is 19.2 Å². The van der Waals surface area contributed by atoms with Gasteiger partial charge in [0.1, 0.15) is 5.69 Å². The molecule has 0 saturated carbocycles. The van der Waals surface area contributed by atoms with Gasteiger partial charge in [-0.2, -0.15) is 9.61 Å². The highest BCUT2D eigenvalue weighted by Crippen LogP contribution is 2.14. The zero-order valence-corrected chi connectivity index (χ0v) is 10.6. The van der Waals surface area contributed by atoms with E-state index in [1.165, 1.54) is 0 Å². The molecule has 0 aliphatic carbocycles. The molecule has 3 aromatic heterocycles. The van der Waals surface area contributed by atoms with Crippen LogP contribution >= 0.6 is 0 Å². The van der Waals surface area contributed by atoms with Gasteiger partial charge in [0.15, 0.2) is 11.5 Å². The number of fused-ring (bicyclic) bond motifs is 1. The van der Waals surface area contributed by atoms with Gasteiger partial charge in [0.25, 0.3) is 0 Å². The highest BCUT2D eigenvalue weighted by atomic mass is 15.4. The molecular weight excluding hydrogens is 240 g/mol. The van der Waals surface area contributed by atoms with Crippen molar-refractivity contribution in [3.63, 3.8) is 0 Å². The molecule has 0 radical (unpaired) electrons. The molecule has 3 rings (SSSR count). The summed E-state index contributed by atoms with van der Waals surface area (Å²) >= 11 is 0. The number of rotatable bonds is 4. The minimum Gasteiger partial charge on any atom is -0.319 e. The van der Waals surface area contributed by atoms with E-state index in [0.29, 0.717) is 0 Å². The Labute approximate surface area is 110 Å². The third-order valence-electron chi connectivity index (χ3n) is 2.85. The molecule has 6 nitrogen and oxygen atoms in total. The molecule has 96 valence electrons. The number of likely N-dealkylation sites (N-methyl/N-ethyl adjacent to an activating group) is 1. The average molecular weight is 254 g/mol. The Kier molecular flexibility index (Phi) is 3.16. The molecule has 0 fully saturated rings. The Bertz CT molecular complexity index is 676. The summed E-state index contributed by atoms with van der Waals surface area (Å²) in [6.45, 7) is 0.844. The summed E-state index contributed by atoms with van der Waals surface area (Å²) in [5, 5.41) is 15.9. The third-order valence-corrected chi connectivity index (χ3v) is 2.85. The summed E-state index contributed by atoms with van der Waals surface area (Å²) in [4.78, 5) is 4.30. The van der Waals surface area contributed by atoms with Crippen LogP contribution in [0.1, 0.15) is 5.82 Å². The van der Waals surface area contributed by atoms with Gasteiger partial charge in [-0.15, -0.1) is 10.2 Å². The van der Waals surface area contributed by atoms with Crippen LogP contribution in [0.5, 0.6) is 0 Å². The van der Waals surface area contributed by atoms with Crippen LogP contribution in [-0.4, -0.2) is 38.4 Å². The fraction of sp³-hybridized carbons (Fsp3) is 0.231. The third kappa shape index (κ3) is 2.30. The van der Waals surface area contributed by atoms with E-state index in [4.69, 9.17) is 0 Å². The van der Waals surface area contributed by atoms with Crippen LogP contribution in [0.2, 0.25) is 0 Å². The van der Waals surface area contributed by atoms with E-state index in [-0.39, 0.29) is 0 Å². The first-order valence-corrected chi connectivity index (χ1v) is 6.16. The van der Waals surface area contributed by atoms with Gasteiger partial charge < -0.3 is 5.32 Å². The molecule has 1 N–H and O–H groups in total. The maximum atomic E-state index is 4.56. The predicted molar refractivity (Wildman–Crippen MR) is 71.6 cm³/mol. The van der Waals surface area contributed by atoms with Crippen molar-refractivity contribution >= 4 is 5.65 Å². The predicted octanol–water partition coefficient (Wildman–Crippen LogP) is 0.948. The molecule has 0 saturated heterocycles. The highest BCUT2D eigenvalue weighted by Gasteiger charge is 2.08. The fourth-order valence-corrected chi connectivity index (χ4v) is 1.88. The molecule has 0 atom stereocenters. The second-order valence-electron chi connectivity index (χ2n) is 4.17. The maximum absolute atomic E-state index is 4.56. The van der Waals surface area contributed by atoms with Crippen molar-refractivity contribution in [2.24, 2.45) is 0 Å². The minimum absolute atomic E-state index is 0.755. The molecule has 3 aromatic rings. The lowest BCUT2D eigenvalue weighted by atomic mass is 10.2. The topological polar surface area (TPSA) is 68.0 Å². The lowest BCUT2D eigenvalue weighted by Crippen LogP contribution is -2.13. The van der Waals surface area contributed by atoms with E-state index in [9.17, 15) is 0 Å². The van der Waals surface area contributed by atoms with Gasteiger partial charge >= 0.3 is 0 Å². The van der Waals surface area contributed by atoms with Crippen molar-refractivity contribution in [2.45, 2.75) is 6.42 Å². The first kappa shape index (κ1) is 11.7. The smallest absolute Gasteiger partial charge is 0.177 e. The standard InChI is InChI=1S/C13H14N6/c1-14-9-7-13-17-16-12-6-5-11(18-19(12)13)10-4-2-3-8-15-10/h2-6,8,14H,7,9H2,1H3. The monoisotopic (exact) mass is 254 g/mol. The van der Waals surface area contributed by atoms with Crippen LogP contribution < -0.4 is 5.32 Å². The lowest BCUT2D eigenvalue weighted by molar-refractivity contribution is 0.725. The number of pyridine rings is 1. The summed E-state index contributed by atoms with van der Waals surface area (Å²) in [7, 11) is 1.91. The Balaban J connectivity index is 2.04. The Morgan fingerprint density at radius 2 is 2.05 bits per heavy atom. The van der Waals surface area contributed by atoms with Gasteiger partial charge in [-0.3, -0.25) is 4.98 Å². The molecule has 0 aliphatic heterocycles. The molecule has 3 heterocycles. The van der Waals surface area contributed by atoms with Gasteiger partial charge in [0.2, 0.25) is 0 Å². The van der Waals surface area contributed by atoms with Crippen LogP contribution in [0.4, 0.5) is 0 Å². The normalized spacial score (nSPS) is 11.0. The van der Waals surface area contributed by atoms with Crippen molar-refractivity contribution in [3.8, 4) is 11.4 Å². The van der Waals surface area contributed by atoms with E-state index in [0.717, 1.165) is 35.8 Å². The largest absolute Gasteiger partial charge is 0.319 e. The van der Waals surface area contributed by atoms with Gasteiger partial charge in [-0.1, -0.05) is 6.07 Å². The van der Waals surface area contributed by atoms with Crippen LogP contribution in [-0.2, 0) is 6.42 Å². The van der Waals surface area contributed by atoms with Crippen molar-refractivity contribution in [3.05, 3.63) is 42.4 Å². The molecule has 19 heavy (non-hydrogen) atoms. The van der Waals surface area contributed by atoms with Gasteiger partial charge in [-0.05, 0) is 31.3 Å². The first-order valence-electron chi connectivity index (χ1n) is 6.16. The second-order valence-corrected chi connectivity index (χ2v) is 4.17. The number of nitrogens with one attached hydrogen (secondary N) is 1. The summed E-state index contributed by atoms with van der Waals surface area (Å²) in [5.41, 5.74) is 2.42. The van der Waals surface area contributed by atoms with E-state index in [1.54, 1.807) is 10.7 Å². The minimum atomic E-state index is 0.755. The van der Waals surface area contributed by atoms with E-state index in [2.05, 4.69) is 25.6 Å². The van der Waals surface area contributed by atoms with Gasteiger partial charge in [-0.25, -0.2) is 0 Å². The van der Waals surface area contributed by atoms with E-state index >= 15 is 0 Å². The first-order chi connectivity index (χ1) is 9.38. The Morgan fingerprint density at radius 3 is 2.84 bits per heavy atom. The van der Waals surface area contributed by atoms with E-state index in [1.807, 2.05) is 37.4 Å². The Morgan fingerprint density at radius 1 is 1.11 bits per heavy atom. The van der Waals surface area contributed by atoms with Crippen molar-refractivity contribution < 1.29 is 0 Å². The quantitative estimate of drug-likeness (QED) is 0.750. The maximum Gasteiger partial charge on any atom is 0.177 e. The fourth-order valence-electron chi connectivity index (χ4n) is 1.88. The Hall–Kier alpha value is -2.34. The molecule has 0 aromatic carbocycles. The molecular formula is C13H14N6. The van der Waals surface area contributed by atoms with Crippen LogP contribution in [0.25, 0.3) is 17.0 Å². The van der Waals surface area contributed by atoms with Gasteiger partial charge in [0.05, 0.1) is 5.69 Å². The van der Waals surface area contributed by atoms with E-state index < -0.39 is 0 Å². The SMILES string of the molecule is CNCCc1nnc2ccc(-c3ccccn3)nn12. The molecule has 0 bridgehead atoms. The van der Waals surface area contributed by atoms with Crippen molar-refractivity contribution in [1.29, 1.82) is 0 Å². The molecule has 0 aliphatic rings. The summed E-state index contributed by atoms with van der Waals surface area (Å²) in [6.07, 6.45) is 2.55. The summed E-state index contributed by atoms with van der Waals surface area (Å²) in [5.74, 6) is 0.849. The average Bonchev–Trinajstić information content (AvgIpc) is 2.88. The van der Waals surface area contributed by atoms with Crippen LogP contribution in [0.15, 0.2) is 36.5 Å². The molecule has 6 heteroatoms. The number of nitrogens with zero attached hydrogens (tertiary/aromatic N) is 5. The number of hydrogen-bond donors (Lipinski definition) is 1. The lowest BCUT2D eigenvalue weighted by Gasteiger charge is -2.02. The zero-order valence-electron chi connectivity index (χ0n) is 10.6. The summed E-state index contributed by atoms with van der Waals surface area (Å²) < 4.78 is 1.78. The molecule has 0 unspecified atom stereocenters. The summed E-state index contributed by atoms with van der Waals surface area (Å²) in [6, 6.07) is 9.59. The van der Waals surface area contributed by atoms with Crippen LogP contribution in [0, 0.1) is 0 Å². The number of aromatic nitrogens is 5. The highest BCUT2D eigenvalue weighted by molar-refractivity contribution is 5.55. The van der Waals surface area contributed by atoms with Crippen molar-refractivity contribution in [2.75, 3.05) is 13.6 Å². The molecule has 0 spiro atoms. The molecule has 0 amide bonds. The number of hydrogen-bond acceptors (Lipinski definition) is 5. The zero-order chi connectivity index (χ0) is 13.1. The second kappa shape index (κ2) is 5.11.